The molecule has 2 nitrogen and oxygen atoms in total. The quantitative estimate of drug-likeness (QED) is 0.825. The summed E-state index contributed by atoms with van der Waals surface area (Å²) in [5, 5.41) is 0.632. The average molecular weight is 373 g/mol. The highest BCUT2D eigenvalue weighted by molar-refractivity contribution is 9.10. The number of nitrogens with two attached hydrogens (primary N) is 1. The van der Waals surface area contributed by atoms with Crippen molar-refractivity contribution < 1.29 is 9.13 Å². The SMILES string of the molecule is CC(N)Cc1cc(Cl)ccc1OCc1ccc(Br)cc1F. The molecule has 1 unspecified atom stereocenters. The monoisotopic (exact) mass is 371 g/mol. The van der Waals surface area contributed by atoms with E-state index in [4.69, 9.17) is 22.1 Å². The Kier molecular flexibility index (Phi) is 5.62. The molecule has 0 fully saturated rings. The third kappa shape index (κ3) is 4.70. The maximum Gasteiger partial charge on any atom is 0.130 e. The molecular formula is C16H16BrClFNO. The van der Waals surface area contributed by atoms with E-state index in [1.165, 1.54) is 6.07 Å². The van der Waals surface area contributed by atoms with Crippen LogP contribution >= 0.6 is 27.5 Å². The Labute approximate surface area is 137 Å². The molecule has 0 amide bonds. The molecule has 0 bridgehead atoms. The first-order valence-electron chi connectivity index (χ1n) is 6.56. The summed E-state index contributed by atoms with van der Waals surface area (Å²) < 4.78 is 20.2. The fraction of sp³-hybridized carbons (Fsp3) is 0.250. The molecule has 2 aromatic rings. The first kappa shape index (κ1) is 16.3. The average Bonchev–Trinajstić information content (AvgIpc) is 2.39. The van der Waals surface area contributed by atoms with Gasteiger partial charge in [-0.2, -0.15) is 0 Å². The Bertz CT molecular complexity index is 634. The first-order chi connectivity index (χ1) is 9.95. The van der Waals surface area contributed by atoms with E-state index < -0.39 is 0 Å². The summed E-state index contributed by atoms with van der Waals surface area (Å²) >= 11 is 9.23. The number of halogens is 3. The lowest BCUT2D eigenvalue weighted by atomic mass is 10.1. The molecular weight excluding hydrogens is 357 g/mol. The highest BCUT2D eigenvalue weighted by Gasteiger charge is 2.09. The van der Waals surface area contributed by atoms with Crippen LogP contribution in [0, 0.1) is 5.82 Å². The van der Waals surface area contributed by atoms with Crippen molar-refractivity contribution in [2.75, 3.05) is 0 Å². The summed E-state index contributed by atoms with van der Waals surface area (Å²) in [5.41, 5.74) is 7.25. The largest absolute Gasteiger partial charge is 0.489 e. The van der Waals surface area contributed by atoms with Gasteiger partial charge in [-0.15, -0.1) is 0 Å². The van der Waals surface area contributed by atoms with Gasteiger partial charge >= 0.3 is 0 Å². The van der Waals surface area contributed by atoms with E-state index in [9.17, 15) is 4.39 Å². The highest BCUT2D eigenvalue weighted by atomic mass is 79.9. The number of ether oxygens (including phenoxy) is 1. The summed E-state index contributed by atoms with van der Waals surface area (Å²) in [7, 11) is 0. The number of hydrogen-bond donors (Lipinski definition) is 1. The Hall–Kier alpha value is -1.10. The van der Waals surface area contributed by atoms with Crippen LogP contribution in [0.4, 0.5) is 4.39 Å². The van der Waals surface area contributed by atoms with Gasteiger partial charge in [0.1, 0.15) is 18.2 Å². The van der Waals surface area contributed by atoms with Gasteiger partial charge in [-0.05, 0) is 49.2 Å². The lowest BCUT2D eigenvalue weighted by Crippen LogP contribution is -2.18. The molecule has 112 valence electrons. The van der Waals surface area contributed by atoms with Gasteiger partial charge in [-0.25, -0.2) is 4.39 Å². The molecule has 0 aliphatic rings. The molecule has 0 saturated heterocycles. The molecule has 5 heteroatoms. The third-order valence-corrected chi connectivity index (χ3v) is 3.69. The molecule has 0 aliphatic carbocycles. The first-order valence-corrected chi connectivity index (χ1v) is 7.73. The Morgan fingerprint density at radius 3 is 2.67 bits per heavy atom. The highest BCUT2D eigenvalue weighted by Crippen LogP contribution is 2.25. The van der Waals surface area contributed by atoms with E-state index in [0.29, 0.717) is 27.2 Å². The maximum absolute atomic E-state index is 13.8. The van der Waals surface area contributed by atoms with Gasteiger partial charge in [-0.1, -0.05) is 33.6 Å². The van der Waals surface area contributed by atoms with E-state index in [2.05, 4.69) is 15.9 Å². The maximum atomic E-state index is 13.8. The van der Waals surface area contributed by atoms with E-state index in [-0.39, 0.29) is 18.5 Å². The van der Waals surface area contributed by atoms with Crippen molar-refractivity contribution in [3.05, 3.63) is 62.8 Å². The predicted molar refractivity (Wildman–Crippen MR) is 87.2 cm³/mol. The fourth-order valence-electron chi connectivity index (χ4n) is 1.99. The van der Waals surface area contributed by atoms with Crippen LogP contribution in [-0.2, 0) is 13.0 Å². The smallest absolute Gasteiger partial charge is 0.130 e. The molecule has 2 rings (SSSR count). The third-order valence-electron chi connectivity index (χ3n) is 2.96. The summed E-state index contributed by atoms with van der Waals surface area (Å²) in [6.07, 6.45) is 0.652. The van der Waals surface area contributed by atoms with Crippen molar-refractivity contribution in [2.24, 2.45) is 5.73 Å². The number of benzene rings is 2. The van der Waals surface area contributed by atoms with Crippen molar-refractivity contribution in [3.8, 4) is 5.75 Å². The van der Waals surface area contributed by atoms with E-state index in [1.54, 1.807) is 24.3 Å². The zero-order valence-electron chi connectivity index (χ0n) is 11.6. The van der Waals surface area contributed by atoms with E-state index >= 15 is 0 Å². The molecule has 2 N–H and O–H groups in total. The van der Waals surface area contributed by atoms with Gasteiger partial charge in [0.2, 0.25) is 0 Å². The normalized spacial score (nSPS) is 12.2. The zero-order valence-corrected chi connectivity index (χ0v) is 13.9. The number of rotatable bonds is 5. The van der Waals surface area contributed by atoms with Crippen molar-refractivity contribution in [1.29, 1.82) is 0 Å². The molecule has 0 aliphatic heterocycles. The molecule has 21 heavy (non-hydrogen) atoms. The Morgan fingerprint density at radius 1 is 1.24 bits per heavy atom. The van der Waals surface area contributed by atoms with Crippen LogP contribution < -0.4 is 10.5 Å². The van der Waals surface area contributed by atoms with E-state index in [1.807, 2.05) is 13.0 Å². The standard InChI is InChI=1S/C16H16BrClFNO/c1-10(20)6-12-7-14(18)4-5-16(12)21-9-11-2-3-13(17)8-15(11)19/h2-5,7-8,10H,6,9,20H2,1H3. The van der Waals surface area contributed by atoms with Crippen LogP contribution in [0.25, 0.3) is 0 Å². The summed E-state index contributed by atoms with van der Waals surface area (Å²) in [5.74, 6) is 0.381. The molecule has 2 aromatic carbocycles. The van der Waals surface area contributed by atoms with Crippen molar-refractivity contribution in [3.63, 3.8) is 0 Å². The second-order valence-electron chi connectivity index (χ2n) is 4.96. The molecule has 0 radical (unpaired) electrons. The topological polar surface area (TPSA) is 35.2 Å². The van der Waals surface area contributed by atoms with Gasteiger partial charge in [0, 0.05) is 21.1 Å². The van der Waals surface area contributed by atoms with Crippen LogP contribution in [0.5, 0.6) is 5.75 Å². The lowest BCUT2D eigenvalue weighted by Gasteiger charge is -2.14. The summed E-state index contributed by atoms with van der Waals surface area (Å²) in [6.45, 7) is 2.08. The minimum atomic E-state index is -0.299. The second-order valence-corrected chi connectivity index (χ2v) is 6.31. The van der Waals surface area contributed by atoms with Gasteiger partial charge in [-0.3, -0.25) is 0 Å². The van der Waals surface area contributed by atoms with Crippen molar-refractivity contribution >= 4 is 27.5 Å². The minimum absolute atomic E-state index is 0.00441. The fourth-order valence-corrected chi connectivity index (χ4v) is 2.52. The van der Waals surface area contributed by atoms with Crippen LogP contribution in [0.15, 0.2) is 40.9 Å². The van der Waals surface area contributed by atoms with E-state index in [0.717, 1.165) is 5.56 Å². The molecule has 1 atom stereocenters. The summed E-state index contributed by atoms with van der Waals surface area (Å²) in [6, 6.07) is 10.3. The second kappa shape index (κ2) is 7.25. The van der Waals surface area contributed by atoms with Gasteiger partial charge < -0.3 is 10.5 Å². The van der Waals surface area contributed by atoms with Crippen LogP contribution in [0.2, 0.25) is 5.02 Å². The molecule has 0 aromatic heterocycles. The predicted octanol–water partition coefficient (Wildman–Crippen LogP) is 4.71. The van der Waals surface area contributed by atoms with Gasteiger partial charge in [0.05, 0.1) is 0 Å². The Morgan fingerprint density at radius 2 is 2.00 bits per heavy atom. The molecule has 0 heterocycles. The van der Waals surface area contributed by atoms with Crippen molar-refractivity contribution in [1.82, 2.24) is 0 Å². The Balaban J connectivity index is 2.15. The van der Waals surface area contributed by atoms with Crippen molar-refractivity contribution in [2.45, 2.75) is 26.0 Å². The van der Waals surface area contributed by atoms with Crippen LogP contribution in [0.3, 0.4) is 0 Å². The van der Waals surface area contributed by atoms with Crippen LogP contribution in [-0.4, -0.2) is 6.04 Å². The lowest BCUT2D eigenvalue weighted by molar-refractivity contribution is 0.296. The molecule has 0 spiro atoms. The van der Waals surface area contributed by atoms with Gasteiger partial charge in [0.15, 0.2) is 0 Å². The van der Waals surface area contributed by atoms with Gasteiger partial charge in [0.25, 0.3) is 0 Å². The number of hydrogen-bond acceptors (Lipinski definition) is 2. The minimum Gasteiger partial charge on any atom is -0.489 e. The van der Waals surface area contributed by atoms with Crippen LogP contribution in [0.1, 0.15) is 18.1 Å². The molecule has 0 saturated carbocycles. The summed E-state index contributed by atoms with van der Waals surface area (Å²) in [4.78, 5) is 0. The zero-order chi connectivity index (χ0) is 15.4.